The molecule has 4 rings (SSSR count). The van der Waals surface area contributed by atoms with Gasteiger partial charge in [0.25, 0.3) is 0 Å². The molecule has 0 saturated heterocycles. The molecular weight excluding hydrogens is 343 g/mol. The number of hydrogen-bond acceptors (Lipinski definition) is 3. The Balaban J connectivity index is 1.87. The Morgan fingerprint density at radius 3 is 2.74 bits per heavy atom. The fourth-order valence-electron chi connectivity index (χ4n) is 3.54. The molecule has 0 fully saturated rings. The van der Waals surface area contributed by atoms with Gasteiger partial charge in [0.2, 0.25) is 0 Å². The second-order valence-electron chi connectivity index (χ2n) is 6.81. The Hall–Kier alpha value is -2.94. The van der Waals surface area contributed by atoms with Gasteiger partial charge >= 0.3 is 0 Å². The van der Waals surface area contributed by atoms with E-state index in [0.29, 0.717) is 5.56 Å². The first-order valence-electron chi connectivity index (χ1n) is 8.83. The molecule has 1 aliphatic heterocycles. The smallest absolute Gasteiger partial charge is 0.188 e. The van der Waals surface area contributed by atoms with Crippen molar-refractivity contribution in [1.29, 1.82) is 0 Å². The lowest BCUT2D eigenvalue weighted by molar-refractivity contribution is 0.0904. The van der Waals surface area contributed by atoms with Gasteiger partial charge in [0.05, 0.1) is 5.52 Å². The van der Waals surface area contributed by atoms with E-state index >= 15 is 0 Å². The van der Waals surface area contributed by atoms with E-state index in [1.54, 1.807) is 18.2 Å². The number of rotatable bonds is 2. The van der Waals surface area contributed by atoms with Crippen LogP contribution in [-0.2, 0) is 13.0 Å². The standard InChI is InChI=1S/C22H19FN2O2/c1-24-10-9-21-19(13-24)18-12-16(22(27)14-26)4-7-20(18)25(21)11-8-15-2-5-17(23)6-3-15/h2-7,12,26H,9-10,13-14H2,1H3. The fourth-order valence-corrected chi connectivity index (χ4v) is 3.54. The number of benzene rings is 2. The molecule has 27 heavy (non-hydrogen) atoms. The van der Waals surface area contributed by atoms with E-state index in [0.717, 1.165) is 41.7 Å². The molecule has 0 unspecified atom stereocenters. The van der Waals surface area contributed by atoms with Gasteiger partial charge in [-0.2, -0.15) is 0 Å². The van der Waals surface area contributed by atoms with Gasteiger partial charge in [0.1, 0.15) is 12.4 Å². The number of carbonyl (C=O) groups excluding carboxylic acids is 1. The number of likely N-dealkylation sites (N-methyl/N-ethyl adjacent to an activating group) is 1. The third-order valence-corrected chi connectivity index (χ3v) is 4.96. The number of ketones is 1. The summed E-state index contributed by atoms with van der Waals surface area (Å²) in [4.78, 5) is 14.1. The van der Waals surface area contributed by atoms with Crippen LogP contribution in [0.25, 0.3) is 10.9 Å². The van der Waals surface area contributed by atoms with Gasteiger partial charge in [0, 0.05) is 47.8 Å². The number of halogens is 1. The van der Waals surface area contributed by atoms with Crippen molar-refractivity contribution < 1.29 is 14.3 Å². The van der Waals surface area contributed by atoms with E-state index in [9.17, 15) is 9.18 Å². The minimum absolute atomic E-state index is 0.284. The highest BCUT2D eigenvalue weighted by Crippen LogP contribution is 2.31. The summed E-state index contributed by atoms with van der Waals surface area (Å²) in [5.41, 5.74) is 4.50. The second kappa shape index (κ2) is 6.99. The van der Waals surface area contributed by atoms with Crippen molar-refractivity contribution in [3.8, 4) is 12.0 Å². The number of aliphatic hydroxyl groups is 1. The van der Waals surface area contributed by atoms with Crippen LogP contribution in [0, 0.1) is 17.8 Å². The van der Waals surface area contributed by atoms with Crippen LogP contribution in [0.15, 0.2) is 42.5 Å². The number of aliphatic hydroxyl groups excluding tert-OH is 1. The van der Waals surface area contributed by atoms with Crippen LogP contribution in [0.3, 0.4) is 0 Å². The molecule has 4 nitrogen and oxygen atoms in total. The van der Waals surface area contributed by atoms with Gasteiger partial charge in [-0.3, -0.25) is 9.36 Å². The number of hydrogen-bond donors (Lipinski definition) is 1. The van der Waals surface area contributed by atoms with E-state index in [1.165, 1.54) is 17.7 Å². The molecule has 0 amide bonds. The molecular formula is C22H19FN2O2. The number of nitrogens with zero attached hydrogens (tertiary/aromatic N) is 2. The molecule has 0 bridgehead atoms. The van der Waals surface area contributed by atoms with Gasteiger partial charge in [-0.15, -0.1) is 0 Å². The number of Topliss-reactive ketones (excluding diaryl/α,β-unsaturated/α-hetero) is 1. The summed E-state index contributed by atoms with van der Waals surface area (Å²) in [5.74, 6) is 2.53. The zero-order valence-corrected chi connectivity index (χ0v) is 15.0. The summed E-state index contributed by atoms with van der Waals surface area (Å²) >= 11 is 0. The van der Waals surface area contributed by atoms with Crippen molar-refractivity contribution in [2.75, 3.05) is 20.2 Å². The molecule has 3 aromatic rings. The third kappa shape index (κ3) is 3.25. The number of carbonyl (C=O) groups is 1. The molecule has 1 aromatic heterocycles. The highest BCUT2D eigenvalue weighted by molar-refractivity contribution is 6.01. The monoisotopic (exact) mass is 362 g/mol. The molecule has 0 saturated carbocycles. The quantitative estimate of drug-likeness (QED) is 0.563. The summed E-state index contributed by atoms with van der Waals surface area (Å²) < 4.78 is 15.1. The van der Waals surface area contributed by atoms with Crippen molar-refractivity contribution in [3.05, 3.63) is 70.7 Å². The third-order valence-electron chi connectivity index (χ3n) is 4.96. The van der Waals surface area contributed by atoms with Crippen LogP contribution >= 0.6 is 0 Å². The fraction of sp³-hybridized carbons (Fsp3) is 0.227. The minimum Gasteiger partial charge on any atom is -0.388 e. The normalized spacial score (nSPS) is 13.9. The molecule has 2 heterocycles. The van der Waals surface area contributed by atoms with Crippen LogP contribution in [0.4, 0.5) is 4.39 Å². The highest BCUT2D eigenvalue weighted by atomic mass is 19.1. The van der Waals surface area contributed by atoms with Crippen molar-refractivity contribution in [1.82, 2.24) is 9.47 Å². The predicted molar refractivity (Wildman–Crippen MR) is 102 cm³/mol. The van der Waals surface area contributed by atoms with E-state index in [2.05, 4.69) is 23.9 Å². The van der Waals surface area contributed by atoms with Crippen LogP contribution in [0.5, 0.6) is 0 Å². The maximum atomic E-state index is 13.1. The summed E-state index contributed by atoms with van der Waals surface area (Å²) in [5, 5.41) is 10.2. The van der Waals surface area contributed by atoms with Gasteiger partial charge in [-0.05, 0) is 61.0 Å². The highest BCUT2D eigenvalue weighted by Gasteiger charge is 2.22. The van der Waals surface area contributed by atoms with Crippen molar-refractivity contribution in [3.63, 3.8) is 0 Å². The zero-order chi connectivity index (χ0) is 19.0. The first kappa shape index (κ1) is 17.5. The molecule has 0 atom stereocenters. The number of fused-ring (bicyclic) bond motifs is 3. The molecule has 1 aliphatic rings. The lowest BCUT2D eigenvalue weighted by Gasteiger charge is -2.23. The molecule has 0 aliphatic carbocycles. The van der Waals surface area contributed by atoms with Gasteiger partial charge < -0.3 is 10.0 Å². The first-order chi connectivity index (χ1) is 13.1. The average Bonchev–Trinajstić information content (AvgIpc) is 2.99. The largest absolute Gasteiger partial charge is 0.388 e. The van der Waals surface area contributed by atoms with Gasteiger partial charge in [-0.1, -0.05) is 0 Å². The number of aromatic nitrogens is 1. The van der Waals surface area contributed by atoms with Gasteiger partial charge in [0.15, 0.2) is 5.78 Å². The molecule has 5 heteroatoms. The van der Waals surface area contributed by atoms with E-state index in [1.807, 2.05) is 16.7 Å². The molecule has 1 N–H and O–H groups in total. The SMILES string of the molecule is CN1CCc2c(c3cc(C(=O)CO)ccc3n2C#Cc2ccc(F)cc2)C1. The zero-order valence-electron chi connectivity index (χ0n) is 15.0. The van der Waals surface area contributed by atoms with Crippen molar-refractivity contribution in [2.24, 2.45) is 0 Å². The Labute approximate surface area is 156 Å². The molecule has 136 valence electrons. The minimum atomic E-state index is -0.501. The maximum absolute atomic E-state index is 13.1. The van der Waals surface area contributed by atoms with Crippen molar-refractivity contribution in [2.45, 2.75) is 13.0 Å². The summed E-state index contributed by atoms with van der Waals surface area (Å²) in [6.07, 6.45) is 0.863. The summed E-state index contributed by atoms with van der Waals surface area (Å²) in [7, 11) is 2.07. The van der Waals surface area contributed by atoms with E-state index in [-0.39, 0.29) is 11.6 Å². The van der Waals surface area contributed by atoms with Crippen LogP contribution in [0.2, 0.25) is 0 Å². The van der Waals surface area contributed by atoms with E-state index < -0.39 is 6.61 Å². The molecule has 0 spiro atoms. The van der Waals surface area contributed by atoms with Crippen molar-refractivity contribution >= 4 is 16.7 Å². The maximum Gasteiger partial charge on any atom is 0.188 e. The summed E-state index contributed by atoms with van der Waals surface area (Å²) in [6, 6.07) is 14.8. The predicted octanol–water partition coefficient (Wildman–Crippen LogP) is 2.80. The van der Waals surface area contributed by atoms with Crippen LogP contribution < -0.4 is 0 Å². The lowest BCUT2D eigenvalue weighted by atomic mass is 10.0. The van der Waals surface area contributed by atoms with Crippen LogP contribution in [-0.4, -0.2) is 40.6 Å². The topological polar surface area (TPSA) is 45.5 Å². The molecule has 2 aromatic carbocycles. The Kier molecular flexibility index (Phi) is 4.53. The summed E-state index contributed by atoms with van der Waals surface area (Å²) in [6.45, 7) is 1.22. The molecule has 0 radical (unpaired) electrons. The van der Waals surface area contributed by atoms with Gasteiger partial charge in [-0.25, -0.2) is 4.39 Å². The first-order valence-corrected chi connectivity index (χ1v) is 8.83. The Morgan fingerprint density at radius 2 is 2.00 bits per heavy atom. The Morgan fingerprint density at radius 1 is 1.22 bits per heavy atom. The van der Waals surface area contributed by atoms with E-state index in [4.69, 9.17) is 5.11 Å². The lowest BCUT2D eigenvalue weighted by Crippen LogP contribution is -2.27. The average molecular weight is 362 g/mol. The Bertz CT molecular complexity index is 1090. The second-order valence-corrected chi connectivity index (χ2v) is 6.81. The van der Waals surface area contributed by atoms with Crippen LogP contribution in [0.1, 0.15) is 27.2 Å².